The van der Waals surface area contributed by atoms with Gasteiger partial charge in [-0.15, -0.1) is 0 Å². The molecule has 1 aliphatic rings. The molecule has 0 saturated carbocycles. The first-order valence-corrected chi connectivity index (χ1v) is 21.8. The lowest BCUT2D eigenvalue weighted by molar-refractivity contribution is 0.665. The van der Waals surface area contributed by atoms with Crippen LogP contribution in [0.25, 0.3) is 93.2 Å². The number of rotatable bonds is 6. The topological polar surface area (TPSA) is 54.8 Å². The first-order valence-electron chi connectivity index (χ1n) is 21.8. The molecule has 1 unspecified atom stereocenters. The molecule has 0 bridgehead atoms. The van der Waals surface area contributed by atoms with E-state index in [1.165, 1.54) is 38.1 Å². The minimum absolute atomic E-state index is 0.377. The van der Waals surface area contributed by atoms with E-state index in [0.29, 0.717) is 5.84 Å². The maximum absolute atomic E-state index is 7.05. The van der Waals surface area contributed by atoms with Crippen molar-refractivity contribution in [3.05, 3.63) is 235 Å². The molecule has 13 rings (SSSR count). The predicted octanol–water partition coefficient (Wildman–Crippen LogP) is 14.8. The molecule has 0 spiro atoms. The van der Waals surface area contributed by atoms with Crippen molar-refractivity contribution in [3.63, 3.8) is 0 Å². The number of hydrogen-bond donors (Lipinski definition) is 1. The highest BCUT2D eigenvalue weighted by atomic mass is 16.3. The summed E-state index contributed by atoms with van der Waals surface area (Å²) in [6.07, 6.45) is -0.377. The molecule has 1 aliphatic heterocycles. The van der Waals surface area contributed by atoms with Gasteiger partial charge in [0, 0.05) is 32.7 Å². The monoisotopic (exact) mass is 818 g/mol. The van der Waals surface area contributed by atoms with Gasteiger partial charge in [-0.3, -0.25) is 0 Å². The summed E-state index contributed by atoms with van der Waals surface area (Å²) in [5.74, 6) is 1.42. The fourth-order valence-corrected chi connectivity index (χ4v) is 9.70. The van der Waals surface area contributed by atoms with Crippen LogP contribution in [0.4, 0.5) is 0 Å². The molecular formula is C59H38N4O. The van der Waals surface area contributed by atoms with Crippen LogP contribution in [0.15, 0.2) is 233 Å². The number of furan rings is 1. The highest BCUT2D eigenvalue weighted by molar-refractivity contribution is 6.23. The van der Waals surface area contributed by atoms with Crippen LogP contribution in [-0.4, -0.2) is 16.2 Å². The third-order valence-corrected chi connectivity index (χ3v) is 12.8. The van der Waals surface area contributed by atoms with Crippen molar-refractivity contribution in [2.75, 3.05) is 0 Å². The number of benzene rings is 10. The summed E-state index contributed by atoms with van der Waals surface area (Å²) in [5.41, 5.74) is 12.4. The van der Waals surface area contributed by atoms with E-state index in [9.17, 15) is 0 Å². The Labute approximate surface area is 368 Å². The van der Waals surface area contributed by atoms with Crippen LogP contribution in [0.5, 0.6) is 0 Å². The molecule has 0 radical (unpaired) electrons. The molecule has 300 valence electrons. The SMILES string of the molecule is c1ccc(-c2ccc3c4ccc(-c5ccccc5)cc4n(-c4cccc5c4oc4cccc(C6=NC(c7ccc8ccccc8c7)=NC(c7ccc8ccccc8c7)N6)c45)c3c2)cc1. The van der Waals surface area contributed by atoms with Crippen molar-refractivity contribution in [1.29, 1.82) is 0 Å². The van der Waals surface area contributed by atoms with Gasteiger partial charge in [-0.25, -0.2) is 9.98 Å². The van der Waals surface area contributed by atoms with Crippen molar-refractivity contribution in [3.8, 4) is 27.9 Å². The number of aliphatic imine (C=N–C) groups is 2. The fraction of sp³-hybridized carbons (Fsp3) is 0.0169. The zero-order valence-electron chi connectivity index (χ0n) is 34.6. The Balaban J connectivity index is 1.02. The van der Waals surface area contributed by atoms with E-state index < -0.39 is 0 Å². The van der Waals surface area contributed by atoms with E-state index in [1.54, 1.807) is 0 Å². The van der Waals surface area contributed by atoms with Gasteiger partial charge in [0.15, 0.2) is 11.4 Å². The van der Waals surface area contributed by atoms with E-state index in [-0.39, 0.29) is 6.17 Å². The second kappa shape index (κ2) is 14.5. The van der Waals surface area contributed by atoms with E-state index in [0.717, 1.165) is 77.7 Å². The number of amidine groups is 2. The molecule has 2 aromatic heterocycles. The van der Waals surface area contributed by atoms with Gasteiger partial charge in [-0.2, -0.15) is 0 Å². The Hall–Kier alpha value is -8.54. The molecule has 3 heterocycles. The van der Waals surface area contributed by atoms with Crippen molar-refractivity contribution in [1.82, 2.24) is 9.88 Å². The van der Waals surface area contributed by atoms with Crippen molar-refractivity contribution in [2.24, 2.45) is 9.98 Å². The van der Waals surface area contributed by atoms with Gasteiger partial charge >= 0.3 is 0 Å². The van der Waals surface area contributed by atoms with E-state index in [2.05, 4.69) is 228 Å². The van der Waals surface area contributed by atoms with E-state index in [4.69, 9.17) is 14.4 Å². The largest absolute Gasteiger partial charge is 0.454 e. The van der Waals surface area contributed by atoms with Crippen LogP contribution in [0, 0.1) is 0 Å². The second-order valence-corrected chi connectivity index (χ2v) is 16.6. The average Bonchev–Trinajstić information content (AvgIpc) is 3.92. The molecular weight excluding hydrogens is 781 g/mol. The highest BCUT2D eigenvalue weighted by Crippen LogP contribution is 2.41. The van der Waals surface area contributed by atoms with E-state index >= 15 is 0 Å². The molecule has 0 fully saturated rings. The third-order valence-electron chi connectivity index (χ3n) is 12.8. The maximum atomic E-state index is 7.05. The first-order chi connectivity index (χ1) is 31.7. The number of aromatic nitrogens is 1. The van der Waals surface area contributed by atoms with Gasteiger partial charge in [0.2, 0.25) is 0 Å². The number of fused-ring (bicyclic) bond motifs is 8. The van der Waals surface area contributed by atoms with Gasteiger partial charge in [0.25, 0.3) is 0 Å². The molecule has 1 N–H and O–H groups in total. The minimum Gasteiger partial charge on any atom is -0.454 e. The first kappa shape index (κ1) is 36.1. The standard InChI is InChI=1S/C59H38N4O/c1-3-13-37(14-4-1)43-29-31-47-48-32-30-44(38-15-5-2-6-16-38)36-53(48)63(52(47)35-43)51-23-11-21-49-55-50(22-12-24-54(55)64-56(49)51)59-61-57(45-27-25-39-17-7-9-19-41(39)33-45)60-58(62-59)46-28-26-40-18-8-10-20-42(40)34-46/h1-36,57H,(H,60,61,62). The Kier molecular flexibility index (Phi) is 8.21. The van der Waals surface area contributed by atoms with Crippen LogP contribution in [0.2, 0.25) is 0 Å². The quantitative estimate of drug-likeness (QED) is 0.182. The van der Waals surface area contributed by atoms with E-state index in [1.807, 2.05) is 0 Å². The zero-order valence-corrected chi connectivity index (χ0v) is 34.6. The molecule has 5 heteroatoms. The van der Waals surface area contributed by atoms with Crippen molar-refractivity contribution >= 4 is 77.0 Å². The number of nitrogens with zero attached hydrogens (tertiary/aromatic N) is 3. The summed E-state index contributed by atoms with van der Waals surface area (Å²) >= 11 is 0. The number of hydrogen-bond acceptors (Lipinski definition) is 4. The Bertz CT molecular complexity index is 3780. The Morgan fingerprint density at radius 1 is 0.438 bits per heavy atom. The van der Waals surface area contributed by atoms with Gasteiger partial charge in [-0.1, -0.05) is 182 Å². The van der Waals surface area contributed by atoms with Crippen molar-refractivity contribution in [2.45, 2.75) is 6.17 Å². The second-order valence-electron chi connectivity index (χ2n) is 16.6. The molecule has 10 aromatic carbocycles. The predicted molar refractivity (Wildman–Crippen MR) is 266 cm³/mol. The van der Waals surface area contributed by atoms with Gasteiger partial charge < -0.3 is 14.3 Å². The van der Waals surface area contributed by atoms with Crippen molar-refractivity contribution < 1.29 is 4.42 Å². The summed E-state index contributed by atoms with van der Waals surface area (Å²) in [5, 5.41) is 12.8. The lowest BCUT2D eigenvalue weighted by atomic mass is 10.0. The molecule has 0 saturated heterocycles. The smallest absolute Gasteiger partial charge is 0.159 e. The minimum atomic E-state index is -0.377. The van der Waals surface area contributed by atoms with Crippen LogP contribution in [0.1, 0.15) is 22.9 Å². The van der Waals surface area contributed by atoms with Crippen LogP contribution < -0.4 is 5.32 Å². The Morgan fingerprint density at radius 3 is 1.72 bits per heavy atom. The van der Waals surface area contributed by atoms with Gasteiger partial charge in [-0.05, 0) is 85.8 Å². The summed E-state index contributed by atoms with van der Waals surface area (Å²) in [6, 6.07) is 77.6. The summed E-state index contributed by atoms with van der Waals surface area (Å²) in [6.45, 7) is 0. The molecule has 1 atom stereocenters. The summed E-state index contributed by atoms with van der Waals surface area (Å²) < 4.78 is 9.45. The van der Waals surface area contributed by atoms with Crippen LogP contribution in [-0.2, 0) is 0 Å². The molecule has 64 heavy (non-hydrogen) atoms. The summed E-state index contributed by atoms with van der Waals surface area (Å²) in [7, 11) is 0. The molecule has 0 aliphatic carbocycles. The van der Waals surface area contributed by atoms with Gasteiger partial charge in [0.1, 0.15) is 17.6 Å². The molecule has 12 aromatic rings. The van der Waals surface area contributed by atoms with Crippen LogP contribution >= 0.6 is 0 Å². The Morgan fingerprint density at radius 2 is 1.03 bits per heavy atom. The number of nitrogens with one attached hydrogen (secondary N) is 1. The van der Waals surface area contributed by atoms with Gasteiger partial charge in [0.05, 0.1) is 16.7 Å². The molecule has 0 amide bonds. The lowest BCUT2D eigenvalue weighted by Gasteiger charge is -2.24. The highest BCUT2D eigenvalue weighted by Gasteiger charge is 2.26. The fourth-order valence-electron chi connectivity index (χ4n) is 9.70. The average molecular weight is 819 g/mol. The normalized spacial score (nSPS) is 14.1. The number of para-hydroxylation sites is 1. The van der Waals surface area contributed by atoms with Crippen LogP contribution in [0.3, 0.4) is 0 Å². The third kappa shape index (κ3) is 5.93. The maximum Gasteiger partial charge on any atom is 0.159 e. The zero-order chi connectivity index (χ0) is 42.1. The lowest BCUT2D eigenvalue weighted by Crippen LogP contribution is -2.33. The summed E-state index contributed by atoms with van der Waals surface area (Å²) in [4.78, 5) is 10.6. The molecule has 5 nitrogen and oxygen atoms in total.